The van der Waals surface area contributed by atoms with Gasteiger partial charge in [-0.2, -0.15) is 0 Å². The zero-order chi connectivity index (χ0) is 24.0. The molecule has 2 aromatic carbocycles. The summed E-state index contributed by atoms with van der Waals surface area (Å²) < 4.78 is 7.27. The van der Waals surface area contributed by atoms with Crippen molar-refractivity contribution in [3.05, 3.63) is 82.6 Å². The number of para-hydroxylation sites is 1. The maximum atomic E-state index is 13.8. The van der Waals surface area contributed by atoms with E-state index >= 15 is 0 Å². The molecule has 0 unspecified atom stereocenters. The average Bonchev–Trinajstić information content (AvgIpc) is 3.66. The van der Waals surface area contributed by atoms with Crippen molar-refractivity contribution in [3.63, 3.8) is 0 Å². The third-order valence-electron chi connectivity index (χ3n) is 6.14. The predicted molar refractivity (Wildman–Crippen MR) is 134 cm³/mol. The van der Waals surface area contributed by atoms with E-state index in [2.05, 4.69) is 15.6 Å². The molecule has 1 saturated heterocycles. The maximum absolute atomic E-state index is 13.8. The van der Waals surface area contributed by atoms with Crippen molar-refractivity contribution in [3.8, 4) is 0 Å². The van der Waals surface area contributed by atoms with Crippen LogP contribution in [0, 0.1) is 0 Å². The number of aromatic nitrogens is 3. The number of thiophene rings is 1. The maximum Gasteiger partial charge on any atom is 0.247 e. The summed E-state index contributed by atoms with van der Waals surface area (Å²) in [5.41, 5.74) is 2.25. The molecule has 1 aliphatic rings. The van der Waals surface area contributed by atoms with E-state index in [-0.39, 0.29) is 24.5 Å². The molecule has 0 radical (unpaired) electrons. The zero-order valence-corrected chi connectivity index (χ0v) is 20.1. The minimum absolute atomic E-state index is 0.0123. The van der Waals surface area contributed by atoms with Crippen molar-refractivity contribution in [1.82, 2.24) is 25.2 Å². The zero-order valence-electron chi connectivity index (χ0n) is 19.2. The number of fused-ring (bicyclic) bond motifs is 1. The number of carbonyl (C=O) groups excluding carboxylic acids is 2. The first-order valence-electron chi connectivity index (χ1n) is 11.7. The average molecular weight is 490 g/mol. The van der Waals surface area contributed by atoms with Gasteiger partial charge in [-0.15, -0.1) is 16.4 Å². The Bertz CT molecular complexity index is 1270. The Morgan fingerprint density at radius 2 is 1.94 bits per heavy atom. The lowest BCUT2D eigenvalue weighted by Crippen LogP contribution is -2.46. The Hall–Kier alpha value is -3.56. The van der Waals surface area contributed by atoms with Gasteiger partial charge in [-0.25, -0.2) is 4.68 Å². The number of amides is 2. The van der Waals surface area contributed by atoms with Crippen LogP contribution in [0.3, 0.4) is 0 Å². The number of benzene rings is 2. The molecule has 3 heterocycles. The second kappa shape index (κ2) is 10.8. The fourth-order valence-electron chi connectivity index (χ4n) is 4.37. The quantitative estimate of drug-likeness (QED) is 0.388. The molecule has 5 rings (SSSR count). The van der Waals surface area contributed by atoms with Crippen molar-refractivity contribution < 1.29 is 14.3 Å². The normalized spacial score (nSPS) is 16.3. The Kier molecular flexibility index (Phi) is 7.15. The molecule has 1 N–H and O–H groups in total. The molecule has 180 valence electrons. The van der Waals surface area contributed by atoms with Crippen LogP contribution in [-0.2, 0) is 27.4 Å². The lowest BCUT2D eigenvalue weighted by Gasteiger charge is -2.31. The van der Waals surface area contributed by atoms with E-state index in [4.69, 9.17) is 4.74 Å². The summed E-state index contributed by atoms with van der Waals surface area (Å²) in [7, 11) is 0. The van der Waals surface area contributed by atoms with E-state index in [1.165, 1.54) is 0 Å². The Labute approximate surface area is 207 Å². The first-order chi connectivity index (χ1) is 17.2. The Balaban J connectivity index is 1.45. The SMILES string of the molecule is O=C(NC[C@H]1CCCO1)[C@H](c1ccccc1)N(Cc1cccs1)C(=O)Cn1nnc2ccccc21. The van der Waals surface area contributed by atoms with Gasteiger partial charge in [0.2, 0.25) is 11.8 Å². The van der Waals surface area contributed by atoms with Gasteiger partial charge in [0, 0.05) is 18.0 Å². The number of rotatable bonds is 9. The van der Waals surface area contributed by atoms with Gasteiger partial charge in [0.1, 0.15) is 18.1 Å². The van der Waals surface area contributed by atoms with E-state index in [0.717, 1.165) is 40.9 Å². The third-order valence-corrected chi connectivity index (χ3v) is 7.00. The smallest absolute Gasteiger partial charge is 0.247 e. The summed E-state index contributed by atoms with van der Waals surface area (Å²) in [6.45, 7) is 1.44. The standard InChI is InChI=1S/C26H27N5O3S/c32-24(18-31-23-13-5-4-12-22(23)28-29-31)30(17-21-11-7-15-35-21)25(19-8-2-1-3-9-19)26(33)27-16-20-10-6-14-34-20/h1-5,7-9,11-13,15,20,25H,6,10,14,16-18H2,(H,27,33)/t20-,25+/m1/s1. The van der Waals surface area contributed by atoms with Crippen LogP contribution in [0.25, 0.3) is 11.0 Å². The summed E-state index contributed by atoms with van der Waals surface area (Å²) in [6.07, 6.45) is 1.93. The second-order valence-corrected chi connectivity index (χ2v) is 9.56. The lowest BCUT2D eigenvalue weighted by atomic mass is 10.0. The lowest BCUT2D eigenvalue weighted by molar-refractivity contribution is -0.142. The van der Waals surface area contributed by atoms with Gasteiger partial charge in [-0.05, 0) is 42.0 Å². The number of ether oxygens (including phenoxy) is 1. The summed E-state index contributed by atoms with van der Waals surface area (Å²) in [5, 5.41) is 13.4. The van der Waals surface area contributed by atoms with Crippen LogP contribution in [0.2, 0.25) is 0 Å². The fraction of sp³-hybridized carbons (Fsp3) is 0.308. The summed E-state index contributed by atoms with van der Waals surface area (Å²) in [5.74, 6) is -0.435. The summed E-state index contributed by atoms with van der Waals surface area (Å²) in [6, 6.07) is 20.1. The molecule has 2 amide bonds. The molecule has 4 aromatic rings. The van der Waals surface area contributed by atoms with Gasteiger partial charge < -0.3 is 15.0 Å². The number of carbonyl (C=O) groups is 2. The highest BCUT2D eigenvalue weighted by Gasteiger charge is 2.32. The van der Waals surface area contributed by atoms with Gasteiger partial charge in [0.05, 0.1) is 18.2 Å². The third kappa shape index (κ3) is 5.41. The molecule has 0 spiro atoms. The van der Waals surface area contributed by atoms with Crippen LogP contribution in [0.15, 0.2) is 72.1 Å². The molecule has 35 heavy (non-hydrogen) atoms. The Morgan fingerprint density at radius 1 is 1.11 bits per heavy atom. The van der Waals surface area contributed by atoms with Gasteiger partial charge >= 0.3 is 0 Å². The van der Waals surface area contributed by atoms with Crippen LogP contribution >= 0.6 is 11.3 Å². The molecular weight excluding hydrogens is 462 g/mol. The second-order valence-electron chi connectivity index (χ2n) is 8.53. The molecule has 8 nitrogen and oxygen atoms in total. The highest BCUT2D eigenvalue weighted by molar-refractivity contribution is 7.09. The molecule has 1 aliphatic heterocycles. The molecule has 0 aliphatic carbocycles. The number of hydrogen-bond acceptors (Lipinski definition) is 6. The minimum Gasteiger partial charge on any atom is -0.376 e. The monoisotopic (exact) mass is 489 g/mol. The Morgan fingerprint density at radius 3 is 2.71 bits per heavy atom. The van der Waals surface area contributed by atoms with E-state index in [0.29, 0.717) is 13.1 Å². The number of nitrogens with one attached hydrogen (secondary N) is 1. The van der Waals surface area contributed by atoms with E-state index in [9.17, 15) is 9.59 Å². The van der Waals surface area contributed by atoms with Crippen LogP contribution in [0.1, 0.15) is 29.3 Å². The first-order valence-corrected chi connectivity index (χ1v) is 12.6. The highest BCUT2D eigenvalue weighted by atomic mass is 32.1. The van der Waals surface area contributed by atoms with E-state index in [1.807, 2.05) is 72.1 Å². The molecule has 2 atom stereocenters. The van der Waals surface area contributed by atoms with Crippen LogP contribution < -0.4 is 5.32 Å². The number of nitrogens with zero attached hydrogens (tertiary/aromatic N) is 4. The highest BCUT2D eigenvalue weighted by Crippen LogP contribution is 2.26. The van der Waals surface area contributed by atoms with Gasteiger partial charge in [0.15, 0.2) is 0 Å². The van der Waals surface area contributed by atoms with Gasteiger partial charge in [-0.1, -0.05) is 53.7 Å². The van der Waals surface area contributed by atoms with E-state index < -0.39 is 6.04 Å². The number of hydrogen-bond donors (Lipinski definition) is 1. The molecule has 0 bridgehead atoms. The topological polar surface area (TPSA) is 89.4 Å². The molecule has 1 fully saturated rings. The van der Waals surface area contributed by atoms with Gasteiger partial charge in [0.25, 0.3) is 0 Å². The summed E-state index contributed by atoms with van der Waals surface area (Å²) >= 11 is 1.56. The van der Waals surface area contributed by atoms with Crippen molar-refractivity contribution in [2.24, 2.45) is 0 Å². The first kappa shape index (κ1) is 23.2. The van der Waals surface area contributed by atoms with Crippen molar-refractivity contribution >= 4 is 34.2 Å². The summed E-state index contributed by atoms with van der Waals surface area (Å²) in [4.78, 5) is 30.0. The van der Waals surface area contributed by atoms with Crippen LogP contribution in [0.4, 0.5) is 0 Å². The van der Waals surface area contributed by atoms with Crippen LogP contribution in [0.5, 0.6) is 0 Å². The predicted octanol–water partition coefficient (Wildman–Crippen LogP) is 3.56. The minimum atomic E-state index is -0.790. The molecular formula is C26H27N5O3S. The van der Waals surface area contributed by atoms with Gasteiger partial charge in [-0.3, -0.25) is 9.59 Å². The molecule has 9 heteroatoms. The van der Waals surface area contributed by atoms with Crippen molar-refractivity contribution in [2.75, 3.05) is 13.2 Å². The van der Waals surface area contributed by atoms with Crippen molar-refractivity contribution in [2.45, 2.75) is 38.1 Å². The van der Waals surface area contributed by atoms with Crippen molar-refractivity contribution in [1.29, 1.82) is 0 Å². The molecule has 0 saturated carbocycles. The van der Waals surface area contributed by atoms with E-state index in [1.54, 1.807) is 20.9 Å². The largest absolute Gasteiger partial charge is 0.376 e. The molecule has 2 aromatic heterocycles. The fourth-order valence-corrected chi connectivity index (χ4v) is 5.07. The van der Waals surface area contributed by atoms with Crippen LogP contribution in [-0.4, -0.2) is 51.0 Å².